The quantitative estimate of drug-likeness (QED) is 0.157. The van der Waals surface area contributed by atoms with Crippen LogP contribution in [0.3, 0.4) is 0 Å². The number of benzene rings is 12. The zero-order valence-electron chi connectivity index (χ0n) is 34.5. The zero-order valence-corrected chi connectivity index (χ0v) is 34.5. The summed E-state index contributed by atoms with van der Waals surface area (Å²) in [5.41, 5.74) is 9.77. The van der Waals surface area contributed by atoms with E-state index in [-0.39, 0.29) is 0 Å². The van der Waals surface area contributed by atoms with Crippen LogP contribution in [0.1, 0.15) is 0 Å². The van der Waals surface area contributed by atoms with E-state index >= 15 is 0 Å². The lowest BCUT2D eigenvalue weighted by Crippen LogP contribution is -2.12. The van der Waals surface area contributed by atoms with Crippen LogP contribution < -0.4 is 9.80 Å². The average molecular weight is 817 g/mol. The molecule has 0 spiro atoms. The Balaban J connectivity index is 1.07. The molecule has 64 heavy (non-hydrogen) atoms. The predicted molar refractivity (Wildman–Crippen MR) is 269 cm³/mol. The molecule has 0 atom stereocenters. The van der Waals surface area contributed by atoms with E-state index in [1.165, 1.54) is 32.3 Å². The summed E-state index contributed by atoms with van der Waals surface area (Å²) >= 11 is 0. The van der Waals surface area contributed by atoms with Crippen molar-refractivity contribution >= 4 is 132 Å². The van der Waals surface area contributed by atoms with Gasteiger partial charge < -0.3 is 18.6 Å². The zero-order chi connectivity index (χ0) is 41.9. The third-order valence-corrected chi connectivity index (χ3v) is 13.4. The minimum absolute atomic E-state index is 0.857. The minimum atomic E-state index is 0.857. The molecule has 0 unspecified atom stereocenters. The Kier molecular flexibility index (Phi) is 7.36. The van der Waals surface area contributed by atoms with Crippen molar-refractivity contribution in [1.29, 1.82) is 0 Å². The topological polar surface area (TPSA) is 32.8 Å². The molecule has 0 radical (unpaired) electrons. The van der Waals surface area contributed by atoms with Crippen LogP contribution in [0.5, 0.6) is 0 Å². The van der Waals surface area contributed by atoms with Crippen LogP contribution >= 0.6 is 0 Å². The van der Waals surface area contributed by atoms with Gasteiger partial charge in [-0.25, -0.2) is 0 Å². The second-order valence-electron chi connectivity index (χ2n) is 16.8. The fraction of sp³-hybridized carbons (Fsp3) is 0. The second-order valence-corrected chi connectivity index (χ2v) is 16.8. The summed E-state index contributed by atoms with van der Waals surface area (Å²) < 4.78 is 13.6. The molecule has 2 heterocycles. The number of hydrogen-bond acceptors (Lipinski definition) is 4. The summed E-state index contributed by atoms with van der Waals surface area (Å²) in [5.74, 6) is 0. The van der Waals surface area contributed by atoms with Crippen LogP contribution in [0.25, 0.3) is 97.7 Å². The van der Waals surface area contributed by atoms with Crippen LogP contribution in [0.4, 0.5) is 34.1 Å². The van der Waals surface area contributed by atoms with Gasteiger partial charge in [-0.3, -0.25) is 0 Å². The Labute approximate surface area is 367 Å². The van der Waals surface area contributed by atoms with E-state index in [1.54, 1.807) is 0 Å². The summed E-state index contributed by atoms with van der Waals surface area (Å²) in [6, 6.07) is 78.6. The first-order chi connectivity index (χ1) is 31.8. The highest BCUT2D eigenvalue weighted by Crippen LogP contribution is 2.51. The maximum absolute atomic E-state index is 6.80. The lowest BCUT2D eigenvalue weighted by Gasteiger charge is -2.30. The molecule has 0 aliphatic heterocycles. The van der Waals surface area contributed by atoms with Crippen molar-refractivity contribution in [2.75, 3.05) is 9.80 Å². The Morgan fingerprint density at radius 2 is 0.562 bits per heavy atom. The van der Waals surface area contributed by atoms with E-state index in [9.17, 15) is 0 Å². The molecular formula is C60H36N2O2. The van der Waals surface area contributed by atoms with Crippen molar-refractivity contribution in [1.82, 2.24) is 0 Å². The predicted octanol–water partition coefficient (Wildman–Crippen LogP) is 17.6. The number of nitrogens with zero attached hydrogens (tertiary/aromatic N) is 2. The first kappa shape index (κ1) is 35.0. The van der Waals surface area contributed by atoms with Crippen molar-refractivity contribution in [2.24, 2.45) is 0 Å². The van der Waals surface area contributed by atoms with Gasteiger partial charge in [0.25, 0.3) is 0 Å². The normalized spacial score (nSPS) is 12.1. The van der Waals surface area contributed by atoms with Gasteiger partial charge in [-0.2, -0.15) is 0 Å². The smallest absolute Gasteiger partial charge is 0.159 e. The number of anilines is 6. The second kappa shape index (κ2) is 13.4. The molecule has 0 saturated carbocycles. The number of para-hydroxylation sites is 4. The van der Waals surface area contributed by atoms with Gasteiger partial charge in [0.1, 0.15) is 11.2 Å². The van der Waals surface area contributed by atoms with Gasteiger partial charge in [0.15, 0.2) is 11.2 Å². The fourth-order valence-corrected chi connectivity index (χ4v) is 10.6. The van der Waals surface area contributed by atoms with E-state index in [0.29, 0.717) is 0 Å². The monoisotopic (exact) mass is 816 g/mol. The van der Waals surface area contributed by atoms with Crippen LogP contribution in [0.15, 0.2) is 227 Å². The van der Waals surface area contributed by atoms with E-state index in [0.717, 1.165) is 99.5 Å². The summed E-state index contributed by atoms with van der Waals surface area (Å²) in [4.78, 5) is 4.84. The molecule has 298 valence electrons. The van der Waals surface area contributed by atoms with Gasteiger partial charge >= 0.3 is 0 Å². The molecule has 0 saturated heterocycles. The largest absolute Gasteiger partial charge is 0.454 e. The minimum Gasteiger partial charge on any atom is -0.454 e. The number of fused-ring (bicyclic) bond motifs is 8. The molecule has 0 N–H and O–H groups in total. The molecule has 2 aromatic heterocycles. The molecule has 14 rings (SSSR count). The van der Waals surface area contributed by atoms with E-state index < -0.39 is 0 Å². The van der Waals surface area contributed by atoms with Crippen molar-refractivity contribution in [2.45, 2.75) is 0 Å². The number of furan rings is 2. The summed E-state index contributed by atoms with van der Waals surface area (Å²) in [5, 5.41) is 16.2. The Bertz CT molecular complexity index is 3900. The molecule has 0 fully saturated rings. The summed E-state index contributed by atoms with van der Waals surface area (Å²) in [6.45, 7) is 0. The highest BCUT2D eigenvalue weighted by atomic mass is 16.3. The van der Waals surface area contributed by atoms with Gasteiger partial charge in [0, 0.05) is 43.1 Å². The molecule has 0 aliphatic rings. The van der Waals surface area contributed by atoms with Crippen LogP contribution in [0.2, 0.25) is 0 Å². The third-order valence-electron chi connectivity index (χ3n) is 13.4. The maximum atomic E-state index is 6.80. The van der Waals surface area contributed by atoms with E-state index in [2.05, 4.69) is 216 Å². The number of rotatable bonds is 6. The van der Waals surface area contributed by atoms with Gasteiger partial charge in [-0.05, 0) is 80.8 Å². The molecule has 0 bridgehead atoms. The molecule has 14 aromatic rings. The van der Waals surface area contributed by atoms with Crippen molar-refractivity contribution in [3.8, 4) is 0 Å². The lowest BCUT2D eigenvalue weighted by molar-refractivity contribution is 0.669. The Hall–Kier alpha value is -8.60. The fourth-order valence-electron chi connectivity index (χ4n) is 10.6. The van der Waals surface area contributed by atoms with Gasteiger partial charge in [-0.15, -0.1) is 0 Å². The molecule has 0 amide bonds. The van der Waals surface area contributed by atoms with Gasteiger partial charge in [0.05, 0.1) is 34.1 Å². The van der Waals surface area contributed by atoms with Crippen LogP contribution in [0, 0.1) is 0 Å². The highest BCUT2D eigenvalue weighted by molar-refractivity contribution is 6.29. The molecule has 0 aliphatic carbocycles. The lowest BCUT2D eigenvalue weighted by atomic mass is 9.91. The third kappa shape index (κ3) is 4.99. The molecular weight excluding hydrogens is 781 g/mol. The van der Waals surface area contributed by atoms with Gasteiger partial charge in [0.2, 0.25) is 0 Å². The molecule has 4 heteroatoms. The first-order valence-electron chi connectivity index (χ1n) is 21.8. The van der Waals surface area contributed by atoms with Crippen LogP contribution in [-0.2, 0) is 0 Å². The Morgan fingerprint density at radius 1 is 0.219 bits per heavy atom. The molecule has 12 aromatic carbocycles. The first-order valence-corrected chi connectivity index (χ1v) is 21.8. The Morgan fingerprint density at radius 3 is 1.05 bits per heavy atom. The van der Waals surface area contributed by atoms with E-state index in [1.807, 2.05) is 12.1 Å². The van der Waals surface area contributed by atoms with Crippen molar-refractivity contribution in [3.63, 3.8) is 0 Å². The highest BCUT2D eigenvalue weighted by Gasteiger charge is 2.26. The van der Waals surface area contributed by atoms with Crippen LogP contribution in [-0.4, -0.2) is 0 Å². The van der Waals surface area contributed by atoms with Gasteiger partial charge in [-0.1, -0.05) is 170 Å². The summed E-state index contributed by atoms with van der Waals surface area (Å²) in [6.07, 6.45) is 0. The number of hydrogen-bond donors (Lipinski definition) is 0. The standard InChI is InChI=1S/C60H36N2O2/c1-3-17-41-37(13-1)15-9-23-49(41)61(53-25-11-21-45-43-19-5-7-27-55(43)63-59(45)53)51-35-31-39-30-34-48-52(36-32-40-29-33-47(51)57(39)58(40)48)62(50-24-10-16-38-14-2-4-18-42(38)50)54-26-12-22-46-44-20-6-8-28-56(44)64-60(46)54/h1-36H. The maximum Gasteiger partial charge on any atom is 0.159 e. The van der Waals surface area contributed by atoms with E-state index in [4.69, 9.17) is 8.83 Å². The average Bonchev–Trinajstić information content (AvgIpc) is 3.94. The van der Waals surface area contributed by atoms with Crippen molar-refractivity contribution in [3.05, 3.63) is 218 Å². The SMILES string of the molecule is c1ccc2c(N(c3ccc4ccc5c(N(c6cccc7ccccc67)c6cccc7c6oc6ccccc67)ccc6ccc3c4c65)c3cccc4c3oc3ccccc34)cccc2c1. The molecule has 4 nitrogen and oxygen atoms in total. The summed E-state index contributed by atoms with van der Waals surface area (Å²) in [7, 11) is 0. The van der Waals surface area contributed by atoms with Crippen molar-refractivity contribution < 1.29 is 8.83 Å².